The summed E-state index contributed by atoms with van der Waals surface area (Å²) in [6, 6.07) is 5.11. The minimum absolute atomic E-state index is 0.238. The fraction of sp³-hybridized carbons (Fsp3) is 0.400. The van der Waals surface area contributed by atoms with Crippen molar-refractivity contribution in [3.63, 3.8) is 0 Å². The summed E-state index contributed by atoms with van der Waals surface area (Å²) < 4.78 is 48.8. The van der Waals surface area contributed by atoms with Gasteiger partial charge in [0.15, 0.2) is 0 Å². The molecule has 5 heteroatoms. The standard InChI is InChI=1S/C10H11F4N/c1-7(15-6-10(12,13)14)8-4-2-3-5-9(8)11/h2-5,7,15H,6H2,1H3. The highest BCUT2D eigenvalue weighted by molar-refractivity contribution is 5.20. The summed E-state index contributed by atoms with van der Waals surface area (Å²) in [4.78, 5) is 0. The van der Waals surface area contributed by atoms with Gasteiger partial charge in [0.05, 0.1) is 6.54 Å². The van der Waals surface area contributed by atoms with Gasteiger partial charge in [-0.25, -0.2) is 4.39 Å². The molecule has 0 radical (unpaired) electrons. The minimum atomic E-state index is -4.28. The molecule has 0 aliphatic rings. The Labute approximate surface area is 85.1 Å². The first kappa shape index (κ1) is 12.0. The maximum atomic E-state index is 13.1. The number of benzene rings is 1. The summed E-state index contributed by atoms with van der Waals surface area (Å²) in [5, 5.41) is 2.21. The summed E-state index contributed by atoms with van der Waals surface area (Å²) in [5.74, 6) is -0.500. The molecule has 1 aromatic carbocycles. The molecule has 1 unspecified atom stereocenters. The molecule has 0 aromatic heterocycles. The van der Waals surface area contributed by atoms with Crippen LogP contribution in [0.1, 0.15) is 18.5 Å². The first-order valence-electron chi connectivity index (χ1n) is 4.45. The largest absolute Gasteiger partial charge is 0.401 e. The first-order valence-corrected chi connectivity index (χ1v) is 4.45. The summed E-state index contributed by atoms with van der Waals surface area (Å²) in [5.41, 5.74) is 0.238. The Morgan fingerprint density at radius 2 is 1.87 bits per heavy atom. The Balaban J connectivity index is 2.62. The Bertz CT molecular complexity index is 321. The Morgan fingerprint density at radius 3 is 2.40 bits per heavy atom. The Morgan fingerprint density at radius 1 is 1.27 bits per heavy atom. The van der Waals surface area contributed by atoms with Crippen LogP contribution < -0.4 is 5.32 Å². The van der Waals surface area contributed by atoms with Crippen LogP contribution in [0.5, 0.6) is 0 Å². The molecule has 0 heterocycles. The molecule has 0 bridgehead atoms. The van der Waals surface area contributed by atoms with Crippen LogP contribution >= 0.6 is 0 Å². The zero-order valence-corrected chi connectivity index (χ0v) is 8.11. The molecule has 0 aliphatic heterocycles. The van der Waals surface area contributed by atoms with Crippen LogP contribution in [0.3, 0.4) is 0 Å². The van der Waals surface area contributed by atoms with Crippen LogP contribution in [0.2, 0.25) is 0 Å². The lowest BCUT2D eigenvalue weighted by Crippen LogP contribution is -2.31. The number of halogens is 4. The predicted molar refractivity (Wildman–Crippen MR) is 48.9 cm³/mol. The summed E-state index contributed by atoms with van der Waals surface area (Å²) in [7, 11) is 0. The zero-order valence-electron chi connectivity index (χ0n) is 8.11. The van der Waals surface area contributed by atoms with Crippen molar-refractivity contribution in [3.8, 4) is 0 Å². The molecule has 0 amide bonds. The third kappa shape index (κ3) is 3.87. The van der Waals surface area contributed by atoms with E-state index in [0.29, 0.717) is 0 Å². The second-order valence-corrected chi connectivity index (χ2v) is 3.24. The highest BCUT2D eigenvalue weighted by atomic mass is 19.4. The fourth-order valence-corrected chi connectivity index (χ4v) is 1.21. The number of hydrogen-bond donors (Lipinski definition) is 1. The van der Waals surface area contributed by atoms with Gasteiger partial charge in [0.1, 0.15) is 5.82 Å². The number of nitrogens with one attached hydrogen (secondary N) is 1. The van der Waals surface area contributed by atoms with Gasteiger partial charge in [-0.2, -0.15) is 13.2 Å². The summed E-state index contributed by atoms with van der Waals surface area (Å²) >= 11 is 0. The number of hydrogen-bond acceptors (Lipinski definition) is 1. The van der Waals surface area contributed by atoms with Gasteiger partial charge in [-0.15, -0.1) is 0 Å². The van der Waals surface area contributed by atoms with Crippen molar-refractivity contribution in [2.45, 2.75) is 19.1 Å². The van der Waals surface area contributed by atoms with Crippen LogP contribution in [0.15, 0.2) is 24.3 Å². The van der Waals surface area contributed by atoms with E-state index in [0.717, 1.165) is 0 Å². The summed E-state index contributed by atoms with van der Waals surface area (Å²) in [6.07, 6.45) is -4.28. The molecule has 15 heavy (non-hydrogen) atoms. The first-order chi connectivity index (χ1) is 6.90. The lowest BCUT2D eigenvalue weighted by molar-refractivity contribution is -0.126. The molecule has 1 aromatic rings. The average molecular weight is 221 g/mol. The lowest BCUT2D eigenvalue weighted by atomic mass is 10.1. The zero-order chi connectivity index (χ0) is 11.5. The van der Waals surface area contributed by atoms with Gasteiger partial charge in [-0.3, -0.25) is 0 Å². The van der Waals surface area contributed by atoms with E-state index >= 15 is 0 Å². The van der Waals surface area contributed by atoms with Crippen LogP contribution in [-0.4, -0.2) is 12.7 Å². The molecule has 0 saturated carbocycles. The van der Waals surface area contributed by atoms with Crippen molar-refractivity contribution in [2.75, 3.05) is 6.54 Å². The van der Waals surface area contributed by atoms with Crippen molar-refractivity contribution in [2.24, 2.45) is 0 Å². The molecule has 1 N–H and O–H groups in total. The summed E-state index contributed by atoms with van der Waals surface area (Å²) in [6.45, 7) is 0.368. The van der Waals surface area contributed by atoms with E-state index in [1.165, 1.54) is 25.1 Å². The molecule has 0 fully saturated rings. The van der Waals surface area contributed by atoms with Gasteiger partial charge in [0.2, 0.25) is 0 Å². The SMILES string of the molecule is CC(NCC(F)(F)F)c1ccccc1F. The highest BCUT2D eigenvalue weighted by Crippen LogP contribution is 2.19. The number of rotatable bonds is 3. The minimum Gasteiger partial charge on any atom is -0.302 e. The second-order valence-electron chi connectivity index (χ2n) is 3.24. The van der Waals surface area contributed by atoms with E-state index in [9.17, 15) is 17.6 Å². The molecule has 84 valence electrons. The highest BCUT2D eigenvalue weighted by Gasteiger charge is 2.27. The van der Waals surface area contributed by atoms with Gasteiger partial charge in [-0.1, -0.05) is 18.2 Å². The molecular formula is C10H11F4N. The Kier molecular flexibility index (Phi) is 3.68. The van der Waals surface area contributed by atoms with E-state index in [1.807, 2.05) is 0 Å². The van der Waals surface area contributed by atoms with Crippen LogP contribution in [0.4, 0.5) is 17.6 Å². The third-order valence-corrected chi connectivity index (χ3v) is 1.98. The normalized spacial score (nSPS) is 13.9. The van der Waals surface area contributed by atoms with E-state index < -0.39 is 24.6 Å². The molecule has 0 aliphatic carbocycles. The van der Waals surface area contributed by atoms with E-state index in [-0.39, 0.29) is 5.56 Å². The van der Waals surface area contributed by atoms with Gasteiger partial charge >= 0.3 is 6.18 Å². The molecule has 0 saturated heterocycles. The molecule has 1 rings (SSSR count). The van der Waals surface area contributed by atoms with Gasteiger partial charge < -0.3 is 5.32 Å². The van der Waals surface area contributed by atoms with Crippen LogP contribution in [0, 0.1) is 5.82 Å². The molecule has 1 atom stereocenters. The maximum absolute atomic E-state index is 13.1. The van der Waals surface area contributed by atoms with Crippen molar-refractivity contribution in [1.29, 1.82) is 0 Å². The van der Waals surface area contributed by atoms with E-state index in [1.54, 1.807) is 6.07 Å². The molecular weight excluding hydrogens is 210 g/mol. The number of alkyl halides is 3. The monoisotopic (exact) mass is 221 g/mol. The predicted octanol–water partition coefficient (Wildman–Crippen LogP) is 3.04. The second kappa shape index (κ2) is 4.61. The maximum Gasteiger partial charge on any atom is 0.401 e. The van der Waals surface area contributed by atoms with E-state index in [4.69, 9.17) is 0 Å². The van der Waals surface area contributed by atoms with Crippen LogP contribution in [0.25, 0.3) is 0 Å². The molecule has 0 spiro atoms. The molecule has 1 nitrogen and oxygen atoms in total. The quantitative estimate of drug-likeness (QED) is 0.773. The van der Waals surface area contributed by atoms with Crippen molar-refractivity contribution >= 4 is 0 Å². The van der Waals surface area contributed by atoms with Crippen LogP contribution in [-0.2, 0) is 0 Å². The van der Waals surface area contributed by atoms with Gasteiger partial charge in [0.25, 0.3) is 0 Å². The van der Waals surface area contributed by atoms with Gasteiger partial charge in [-0.05, 0) is 13.0 Å². The lowest BCUT2D eigenvalue weighted by Gasteiger charge is -2.16. The van der Waals surface area contributed by atoms with Crippen molar-refractivity contribution in [3.05, 3.63) is 35.6 Å². The third-order valence-electron chi connectivity index (χ3n) is 1.98. The average Bonchev–Trinajstić information content (AvgIpc) is 2.14. The fourth-order valence-electron chi connectivity index (χ4n) is 1.21. The van der Waals surface area contributed by atoms with E-state index in [2.05, 4.69) is 5.32 Å². The smallest absolute Gasteiger partial charge is 0.302 e. The van der Waals surface area contributed by atoms with Crippen molar-refractivity contribution in [1.82, 2.24) is 5.32 Å². The van der Waals surface area contributed by atoms with Gasteiger partial charge in [0, 0.05) is 11.6 Å². The van der Waals surface area contributed by atoms with Crippen molar-refractivity contribution < 1.29 is 17.6 Å². The Hall–Kier alpha value is -1.10. The topological polar surface area (TPSA) is 12.0 Å².